The van der Waals surface area contributed by atoms with Crippen molar-refractivity contribution < 1.29 is 56.8 Å². The van der Waals surface area contributed by atoms with Gasteiger partial charge in [-0.1, -0.05) is 210 Å². The van der Waals surface area contributed by atoms with Gasteiger partial charge < -0.3 is 34.3 Å². The molecule has 0 aliphatic carbocycles. The van der Waals surface area contributed by atoms with Crippen LogP contribution in [0.25, 0.3) is 0 Å². The molecular formula is C54H96O12S. The number of allylic oxidation sites excluding steroid dienone is 8. The average Bonchev–Trinajstić information content (AvgIpc) is 3.30. The molecule has 4 N–H and O–H groups in total. The van der Waals surface area contributed by atoms with Gasteiger partial charge in [0.15, 0.2) is 12.4 Å². The molecule has 1 rings (SSSR count). The second-order valence-corrected chi connectivity index (χ2v) is 20.0. The number of hydrogen-bond donors (Lipinski definition) is 4. The predicted molar refractivity (Wildman–Crippen MR) is 270 cm³/mol. The van der Waals surface area contributed by atoms with Crippen LogP contribution in [0.1, 0.15) is 226 Å². The number of hydrogen-bond acceptors (Lipinski definition) is 11. The fraction of sp³-hybridized carbons (Fsp3) is 0.815. The van der Waals surface area contributed by atoms with Gasteiger partial charge >= 0.3 is 11.9 Å². The number of ether oxygens (including phenoxy) is 4. The first-order chi connectivity index (χ1) is 32.5. The van der Waals surface area contributed by atoms with Gasteiger partial charge in [-0.2, -0.15) is 8.42 Å². The molecule has 6 unspecified atom stereocenters. The van der Waals surface area contributed by atoms with E-state index in [0.717, 1.165) is 77.0 Å². The molecule has 390 valence electrons. The molecule has 12 nitrogen and oxygen atoms in total. The zero-order chi connectivity index (χ0) is 49.1. The number of esters is 2. The fourth-order valence-electron chi connectivity index (χ4n) is 8.08. The largest absolute Gasteiger partial charge is 0.462 e. The topological polar surface area (TPSA) is 186 Å². The molecule has 13 heteroatoms. The first-order valence-corrected chi connectivity index (χ1v) is 28.3. The first kappa shape index (κ1) is 62.6. The van der Waals surface area contributed by atoms with Gasteiger partial charge in [0.2, 0.25) is 0 Å². The molecule has 1 heterocycles. The van der Waals surface area contributed by atoms with Crippen LogP contribution in [0.5, 0.6) is 0 Å². The quantitative estimate of drug-likeness (QED) is 0.0196. The summed E-state index contributed by atoms with van der Waals surface area (Å²) < 4.78 is 54.3. The second kappa shape index (κ2) is 43.6. The Bertz CT molecular complexity index is 1410. The van der Waals surface area contributed by atoms with Crippen LogP contribution in [0.3, 0.4) is 0 Å². The molecule has 1 fully saturated rings. The molecule has 1 saturated heterocycles. The van der Waals surface area contributed by atoms with Crippen LogP contribution >= 0.6 is 0 Å². The van der Waals surface area contributed by atoms with Gasteiger partial charge in [-0.15, -0.1) is 0 Å². The SMILES string of the molecule is CC/C=C\C/C=C\C/C=C\C/C=C\CCCCCCCCCCCCC(=O)OC(COC(=O)CCCCCCCCCCCCCCCCCC)COC1OC(CS(=O)(=O)O)C(O)C(O)C1O. The third kappa shape index (κ3) is 38.1. The van der Waals surface area contributed by atoms with Gasteiger partial charge in [-0.3, -0.25) is 14.1 Å². The van der Waals surface area contributed by atoms with Gasteiger partial charge in [0.05, 0.1) is 6.61 Å². The minimum Gasteiger partial charge on any atom is -0.462 e. The van der Waals surface area contributed by atoms with E-state index in [0.29, 0.717) is 12.8 Å². The molecule has 67 heavy (non-hydrogen) atoms. The summed E-state index contributed by atoms with van der Waals surface area (Å²) in [6.45, 7) is 3.68. The minimum atomic E-state index is -4.61. The van der Waals surface area contributed by atoms with E-state index in [4.69, 9.17) is 18.9 Å². The number of aliphatic hydroxyl groups excluding tert-OH is 3. The van der Waals surface area contributed by atoms with Crippen LogP contribution in [0.15, 0.2) is 48.6 Å². The lowest BCUT2D eigenvalue weighted by Crippen LogP contribution is -2.60. The molecule has 0 aromatic rings. The number of aliphatic hydroxyl groups is 3. The van der Waals surface area contributed by atoms with E-state index in [1.54, 1.807) is 0 Å². The van der Waals surface area contributed by atoms with E-state index >= 15 is 0 Å². The monoisotopic (exact) mass is 969 g/mol. The van der Waals surface area contributed by atoms with E-state index in [2.05, 4.69) is 62.5 Å². The lowest BCUT2D eigenvalue weighted by atomic mass is 10.00. The molecule has 0 saturated carbocycles. The van der Waals surface area contributed by atoms with Gasteiger partial charge in [0.25, 0.3) is 10.1 Å². The molecular weight excluding hydrogens is 873 g/mol. The maximum absolute atomic E-state index is 12.9. The van der Waals surface area contributed by atoms with Crippen molar-refractivity contribution in [2.45, 2.75) is 263 Å². The Morgan fingerprint density at radius 3 is 1.40 bits per heavy atom. The minimum absolute atomic E-state index is 0.160. The maximum Gasteiger partial charge on any atom is 0.306 e. The Labute approximate surface area is 407 Å². The van der Waals surface area contributed by atoms with Gasteiger partial charge in [-0.25, -0.2) is 0 Å². The van der Waals surface area contributed by atoms with Gasteiger partial charge in [-0.05, 0) is 51.4 Å². The molecule has 0 bridgehead atoms. The summed E-state index contributed by atoms with van der Waals surface area (Å²) in [5.74, 6) is -1.98. The van der Waals surface area contributed by atoms with E-state index in [1.165, 1.54) is 109 Å². The number of carbonyl (C=O) groups is 2. The summed E-state index contributed by atoms with van der Waals surface area (Å²) in [5, 5.41) is 31.0. The lowest BCUT2D eigenvalue weighted by Gasteiger charge is -2.40. The smallest absolute Gasteiger partial charge is 0.306 e. The van der Waals surface area contributed by atoms with Crippen molar-refractivity contribution in [1.82, 2.24) is 0 Å². The third-order valence-corrected chi connectivity index (χ3v) is 12.9. The van der Waals surface area contributed by atoms with Crippen LogP contribution in [0.2, 0.25) is 0 Å². The Hall–Kier alpha value is -2.39. The Morgan fingerprint density at radius 2 is 0.940 bits per heavy atom. The Kier molecular flexibility index (Phi) is 40.8. The highest BCUT2D eigenvalue weighted by Gasteiger charge is 2.46. The number of rotatable bonds is 45. The van der Waals surface area contributed by atoms with Crippen molar-refractivity contribution >= 4 is 22.1 Å². The highest BCUT2D eigenvalue weighted by molar-refractivity contribution is 7.85. The zero-order valence-electron chi connectivity index (χ0n) is 42.0. The summed E-state index contributed by atoms with van der Waals surface area (Å²) in [7, 11) is -4.61. The van der Waals surface area contributed by atoms with Crippen molar-refractivity contribution in [1.29, 1.82) is 0 Å². The van der Waals surface area contributed by atoms with Crippen molar-refractivity contribution in [3.8, 4) is 0 Å². The summed E-state index contributed by atoms with van der Waals surface area (Å²) in [4.78, 5) is 25.6. The van der Waals surface area contributed by atoms with Crippen LogP contribution in [0.4, 0.5) is 0 Å². The molecule has 0 aromatic heterocycles. The summed E-state index contributed by atoms with van der Waals surface area (Å²) in [6.07, 6.45) is 44.3. The van der Waals surface area contributed by atoms with Crippen LogP contribution in [-0.2, 0) is 38.7 Å². The maximum atomic E-state index is 12.9. The normalized spacial score (nSPS) is 19.6. The van der Waals surface area contributed by atoms with Gasteiger partial charge in [0, 0.05) is 12.8 Å². The van der Waals surface area contributed by atoms with Crippen molar-refractivity contribution in [2.75, 3.05) is 19.0 Å². The van der Waals surface area contributed by atoms with E-state index in [-0.39, 0.29) is 19.4 Å². The van der Waals surface area contributed by atoms with Crippen molar-refractivity contribution in [3.63, 3.8) is 0 Å². The third-order valence-electron chi connectivity index (χ3n) is 12.2. The lowest BCUT2D eigenvalue weighted by molar-refractivity contribution is -0.297. The molecule has 1 aliphatic rings. The van der Waals surface area contributed by atoms with Crippen molar-refractivity contribution in [2.24, 2.45) is 0 Å². The van der Waals surface area contributed by atoms with Crippen LogP contribution < -0.4 is 0 Å². The van der Waals surface area contributed by atoms with Crippen molar-refractivity contribution in [3.05, 3.63) is 48.6 Å². The predicted octanol–water partition coefficient (Wildman–Crippen LogP) is 12.3. The molecule has 0 aromatic carbocycles. The van der Waals surface area contributed by atoms with E-state index < -0.39 is 71.2 Å². The Balaban J connectivity index is 2.34. The molecule has 0 radical (unpaired) electrons. The highest BCUT2D eigenvalue weighted by atomic mass is 32.2. The average molecular weight is 969 g/mol. The Morgan fingerprint density at radius 1 is 0.522 bits per heavy atom. The second-order valence-electron chi connectivity index (χ2n) is 18.5. The first-order valence-electron chi connectivity index (χ1n) is 26.7. The summed E-state index contributed by atoms with van der Waals surface area (Å²) in [6, 6.07) is 0. The molecule has 0 amide bonds. The summed E-state index contributed by atoms with van der Waals surface area (Å²) in [5.41, 5.74) is 0. The van der Waals surface area contributed by atoms with E-state index in [9.17, 15) is 37.9 Å². The molecule has 6 atom stereocenters. The van der Waals surface area contributed by atoms with Crippen LogP contribution in [-0.4, -0.2) is 96.0 Å². The van der Waals surface area contributed by atoms with Gasteiger partial charge in [0.1, 0.15) is 36.8 Å². The van der Waals surface area contributed by atoms with E-state index in [1.807, 2.05) is 0 Å². The highest BCUT2D eigenvalue weighted by Crippen LogP contribution is 2.24. The van der Waals surface area contributed by atoms with Crippen LogP contribution in [0, 0.1) is 0 Å². The number of carbonyl (C=O) groups excluding carboxylic acids is 2. The zero-order valence-corrected chi connectivity index (χ0v) is 42.8. The summed E-state index contributed by atoms with van der Waals surface area (Å²) >= 11 is 0. The molecule has 0 spiro atoms. The standard InChI is InChI=1S/C54H96O12S/c1-3-5-7-9-11-13-15-17-19-21-22-23-24-25-26-27-29-31-33-35-37-39-41-43-50(56)65-47(45-64-54-53(59)52(58)51(57)48(66-54)46-67(60,61)62)44-63-49(55)42-40-38-36-34-32-30-28-20-18-16-14-12-10-8-6-4-2/h5,7,11,13,17,19,22-23,47-48,51-54,57-59H,3-4,6,8-10,12,14-16,18,20-21,24-46H2,1-2H3,(H,60,61,62)/b7-5-,13-11-,19-17-,23-22-. The fourth-order valence-corrected chi connectivity index (χ4v) is 8.77. The number of unbranched alkanes of at least 4 members (excludes halogenated alkanes) is 25. The molecule has 1 aliphatic heterocycles.